The Morgan fingerprint density at radius 3 is 2.35 bits per heavy atom. The highest BCUT2D eigenvalue weighted by molar-refractivity contribution is 7.11. The highest BCUT2D eigenvalue weighted by Crippen LogP contribution is 2.38. The standard InChI is InChI=1S/C15H17NO2S2/c17-15(18)11-5-1-2-8-16(11)14(12-6-3-9-19-12)13-7-4-10-20-13/h3-4,6-7,9-11,14H,1-2,5,8H2,(H,17,18). The van der Waals surface area contributed by atoms with Crippen LogP contribution in [0, 0.1) is 0 Å². The molecule has 2 aromatic rings. The van der Waals surface area contributed by atoms with Crippen molar-refractivity contribution in [3.05, 3.63) is 44.8 Å². The van der Waals surface area contributed by atoms with Crippen molar-refractivity contribution in [2.75, 3.05) is 6.54 Å². The van der Waals surface area contributed by atoms with Crippen molar-refractivity contribution in [2.45, 2.75) is 31.3 Å². The predicted molar refractivity (Wildman–Crippen MR) is 82.5 cm³/mol. The van der Waals surface area contributed by atoms with Gasteiger partial charge in [-0.15, -0.1) is 22.7 Å². The predicted octanol–water partition coefficient (Wildman–Crippen LogP) is 3.84. The molecule has 2 aromatic heterocycles. The molecule has 5 heteroatoms. The molecule has 3 heterocycles. The zero-order valence-corrected chi connectivity index (χ0v) is 12.7. The molecule has 0 bridgehead atoms. The number of nitrogens with zero attached hydrogens (tertiary/aromatic N) is 1. The molecule has 0 spiro atoms. The van der Waals surface area contributed by atoms with E-state index < -0.39 is 5.97 Å². The van der Waals surface area contributed by atoms with Crippen LogP contribution in [0.1, 0.15) is 35.1 Å². The van der Waals surface area contributed by atoms with Crippen LogP contribution < -0.4 is 0 Å². The van der Waals surface area contributed by atoms with E-state index >= 15 is 0 Å². The third-order valence-electron chi connectivity index (χ3n) is 3.79. The van der Waals surface area contributed by atoms with E-state index in [4.69, 9.17) is 0 Å². The molecule has 20 heavy (non-hydrogen) atoms. The number of thiophene rings is 2. The summed E-state index contributed by atoms with van der Waals surface area (Å²) in [5.41, 5.74) is 0. The maximum Gasteiger partial charge on any atom is 0.320 e. The van der Waals surface area contributed by atoms with Crippen molar-refractivity contribution < 1.29 is 9.90 Å². The molecule has 1 fully saturated rings. The summed E-state index contributed by atoms with van der Waals surface area (Å²) >= 11 is 3.42. The average Bonchev–Trinajstić information content (AvgIpc) is 3.13. The quantitative estimate of drug-likeness (QED) is 0.933. The van der Waals surface area contributed by atoms with Gasteiger partial charge in [0.2, 0.25) is 0 Å². The van der Waals surface area contributed by atoms with Gasteiger partial charge in [-0.2, -0.15) is 0 Å². The summed E-state index contributed by atoms with van der Waals surface area (Å²) in [5, 5.41) is 13.6. The molecular formula is C15H17NO2S2. The molecule has 3 nitrogen and oxygen atoms in total. The SMILES string of the molecule is O=C(O)C1CCCCN1C(c1cccs1)c1cccs1. The van der Waals surface area contributed by atoms with Crippen LogP contribution in [0.4, 0.5) is 0 Å². The number of carboxylic acid groups (broad SMARTS) is 1. The lowest BCUT2D eigenvalue weighted by molar-refractivity contribution is -0.145. The van der Waals surface area contributed by atoms with E-state index in [9.17, 15) is 9.90 Å². The number of piperidine rings is 1. The van der Waals surface area contributed by atoms with Crippen LogP contribution in [0.2, 0.25) is 0 Å². The summed E-state index contributed by atoms with van der Waals surface area (Å²) in [6.07, 6.45) is 2.84. The van der Waals surface area contributed by atoms with Gasteiger partial charge in [-0.1, -0.05) is 18.6 Å². The van der Waals surface area contributed by atoms with Crippen molar-refractivity contribution in [1.29, 1.82) is 0 Å². The number of rotatable bonds is 4. The second-order valence-corrected chi connectivity index (χ2v) is 6.98. The Kier molecular flexibility index (Phi) is 4.19. The van der Waals surface area contributed by atoms with Crippen LogP contribution in [-0.4, -0.2) is 28.6 Å². The molecule has 0 aromatic carbocycles. The van der Waals surface area contributed by atoms with E-state index in [1.807, 2.05) is 12.1 Å². The second-order valence-electron chi connectivity index (χ2n) is 5.02. The Morgan fingerprint density at radius 1 is 1.20 bits per heavy atom. The number of likely N-dealkylation sites (tertiary alicyclic amines) is 1. The Hall–Kier alpha value is -1.17. The molecule has 0 saturated carbocycles. The minimum Gasteiger partial charge on any atom is -0.480 e. The summed E-state index contributed by atoms with van der Waals surface area (Å²) in [6, 6.07) is 8.04. The number of carboxylic acids is 1. The minimum absolute atomic E-state index is 0.0939. The smallest absolute Gasteiger partial charge is 0.320 e. The van der Waals surface area contributed by atoms with Gasteiger partial charge in [0, 0.05) is 9.75 Å². The van der Waals surface area contributed by atoms with Crippen molar-refractivity contribution in [3.63, 3.8) is 0 Å². The first-order valence-electron chi connectivity index (χ1n) is 6.82. The van der Waals surface area contributed by atoms with Crippen LogP contribution in [-0.2, 0) is 4.79 Å². The summed E-state index contributed by atoms with van der Waals surface area (Å²) in [4.78, 5) is 16.2. The third-order valence-corrected chi connectivity index (χ3v) is 5.64. The van der Waals surface area contributed by atoms with E-state index in [1.54, 1.807) is 22.7 Å². The zero-order chi connectivity index (χ0) is 13.9. The number of hydrogen-bond acceptors (Lipinski definition) is 4. The van der Waals surface area contributed by atoms with E-state index in [-0.39, 0.29) is 12.1 Å². The van der Waals surface area contributed by atoms with Crippen molar-refractivity contribution in [2.24, 2.45) is 0 Å². The first-order chi connectivity index (χ1) is 9.77. The third kappa shape index (κ3) is 2.66. The van der Waals surface area contributed by atoms with Crippen molar-refractivity contribution >= 4 is 28.6 Å². The van der Waals surface area contributed by atoms with E-state index in [2.05, 4.69) is 27.8 Å². The first kappa shape index (κ1) is 13.8. The van der Waals surface area contributed by atoms with E-state index in [1.165, 1.54) is 9.75 Å². The summed E-state index contributed by atoms with van der Waals surface area (Å²) in [6.45, 7) is 0.859. The van der Waals surface area contributed by atoms with Crippen molar-refractivity contribution in [1.82, 2.24) is 4.90 Å². The van der Waals surface area contributed by atoms with E-state index in [0.717, 1.165) is 25.8 Å². The first-order valence-corrected chi connectivity index (χ1v) is 8.58. The van der Waals surface area contributed by atoms with Gasteiger partial charge in [0.05, 0.1) is 6.04 Å². The Morgan fingerprint density at radius 2 is 1.85 bits per heavy atom. The van der Waals surface area contributed by atoms with Gasteiger partial charge in [0.25, 0.3) is 0 Å². The largest absolute Gasteiger partial charge is 0.480 e. The molecule has 1 aliphatic heterocycles. The van der Waals surface area contributed by atoms with Gasteiger partial charge < -0.3 is 5.11 Å². The van der Waals surface area contributed by atoms with Gasteiger partial charge in [0.15, 0.2) is 0 Å². The molecule has 1 saturated heterocycles. The van der Waals surface area contributed by atoms with Crippen LogP contribution in [0.5, 0.6) is 0 Å². The average molecular weight is 307 g/mol. The fourth-order valence-electron chi connectivity index (χ4n) is 2.89. The molecule has 3 rings (SSSR count). The maximum absolute atomic E-state index is 11.6. The van der Waals surface area contributed by atoms with Gasteiger partial charge in [-0.05, 0) is 42.3 Å². The highest BCUT2D eigenvalue weighted by Gasteiger charge is 2.35. The summed E-state index contributed by atoms with van der Waals surface area (Å²) in [5.74, 6) is -0.692. The van der Waals surface area contributed by atoms with Crippen LogP contribution >= 0.6 is 22.7 Å². The molecule has 0 amide bonds. The topological polar surface area (TPSA) is 40.5 Å². The molecular weight excluding hydrogens is 290 g/mol. The number of hydrogen-bond donors (Lipinski definition) is 1. The minimum atomic E-state index is -0.692. The molecule has 0 radical (unpaired) electrons. The molecule has 1 atom stereocenters. The van der Waals surface area contributed by atoms with Gasteiger partial charge >= 0.3 is 5.97 Å². The number of aliphatic carboxylic acids is 1. The Labute approximate surface area is 126 Å². The van der Waals surface area contributed by atoms with E-state index in [0.29, 0.717) is 0 Å². The van der Waals surface area contributed by atoms with Crippen LogP contribution in [0.3, 0.4) is 0 Å². The highest BCUT2D eigenvalue weighted by atomic mass is 32.1. The van der Waals surface area contributed by atoms with Crippen molar-refractivity contribution in [3.8, 4) is 0 Å². The van der Waals surface area contributed by atoms with Crippen LogP contribution in [0.15, 0.2) is 35.0 Å². The lowest BCUT2D eigenvalue weighted by Gasteiger charge is -2.38. The molecule has 1 aliphatic rings. The van der Waals surface area contributed by atoms with Gasteiger partial charge in [-0.3, -0.25) is 9.69 Å². The maximum atomic E-state index is 11.6. The fourth-order valence-corrected chi connectivity index (χ4v) is 4.69. The van der Waals surface area contributed by atoms with Gasteiger partial charge in [-0.25, -0.2) is 0 Å². The fraction of sp³-hybridized carbons (Fsp3) is 0.400. The monoisotopic (exact) mass is 307 g/mol. The Bertz CT molecular complexity index is 516. The number of carbonyl (C=O) groups is 1. The Balaban J connectivity index is 1.98. The lowest BCUT2D eigenvalue weighted by atomic mass is 9.98. The second kappa shape index (κ2) is 6.08. The summed E-state index contributed by atoms with van der Waals surface area (Å²) in [7, 11) is 0. The van der Waals surface area contributed by atoms with Gasteiger partial charge in [0.1, 0.15) is 6.04 Å². The lowest BCUT2D eigenvalue weighted by Crippen LogP contribution is -2.46. The molecule has 0 aliphatic carbocycles. The zero-order valence-electron chi connectivity index (χ0n) is 11.1. The normalized spacial score (nSPS) is 20.4. The summed E-state index contributed by atoms with van der Waals surface area (Å²) < 4.78 is 0. The molecule has 1 N–H and O–H groups in total. The molecule has 106 valence electrons. The van der Waals surface area contributed by atoms with Crippen LogP contribution in [0.25, 0.3) is 0 Å². The molecule has 1 unspecified atom stereocenters.